The molecule has 27 heavy (non-hydrogen) atoms. The quantitative estimate of drug-likeness (QED) is 0.713. The fraction of sp³-hybridized carbons (Fsp3) is 0.318. The Morgan fingerprint density at radius 3 is 2.67 bits per heavy atom. The lowest BCUT2D eigenvalue weighted by atomic mass is 9.91. The zero-order chi connectivity index (χ0) is 18.7. The third-order valence-corrected chi connectivity index (χ3v) is 5.92. The first kappa shape index (κ1) is 16.2. The molecule has 0 radical (unpaired) electrons. The molecule has 0 unspecified atom stereocenters. The van der Waals surface area contributed by atoms with E-state index < -0.39 is 0 Å². The molecule has 1 fully saturated rings. The summed E-state index contributed by atoms with van der Waals surface area (Å²) in [6.07, 6.45) is 3.57. The fourth-order valence-corrected chi connectivity index (χ4v) is 4.37. The van der Waals surface area contributed by atoms with Crippen LogP contribution in [0.25, 0.3) is 21.8 Å². The summed E-state index contributed by atoms with van der Waals surface area (Å²) in [7, 11) is 0. The number of para-hydroxylation sites is 1. The van der Waals surface area contributed by atoms with Crippen LogP contribution in [0.2, 0.25) is 0 Å². The average Bonchev–Trinajstić information content (AvgIpc) is 3.05. The smallest absolute Gasteiger partial charge is 0.213 e. The second-order valence-corrected chi connectivity index (χ2v) is 7.73. The molecular formula is C22H21N3O2. The summed E-state index contributed by atoms with van der Waals surface area (Å²) < 4.78 is 0. The molecule has 1 N–H and O–H groups in total. The van der Waals surface area contributed by atoms with E-state index in [-0.39, 0.29) is 17.3 Å². The molecule has 0 spiro atoms. The Bertz CT molecular complexity index is 1150. The van der Waals surface area contributed by atoms with E-state index in [0.29, 0.717) is 17.2 Å². The van der Waals surface area contributed by atoms with Crippen LogP contribution in [0.4, 0.5) is 0 Å². The Morgan fingerprint density at radius 2 is 1.89 bits per heavy atom. The third kappa shape index (κ3) is 2.34. The van der Waals surface area contributed by atoms with Crippen molar-refractivity contribution in [3.63, 3.8) is 0 Å². The van der Waals surface area contributed by atoms with Crippen molar-refractivity contribution in [2.24, 2.45) is 5.92 Å². The van der Waals surface area contributed by atoms with Gasteiger partial charge in [0.1, 0.15) is 5.69 Å². The number of piperidine rings is 1. The Hall–Kier alpha value is -2.95. The van der Waals surface area contributed by atoms with Gasteiger partial charge in [-0.3, -0.25) is 9.59 Å². The van der Waals surface area contributed by atoms with E-state index in [9.17, 15) is 9.59 Å². The van der Waals surface area contributed by atoms with E-state index in [2.05, 4.69) is 21.8 Å². The number of carbonyl (C=O) groups is 2. The molecule has 1 aliphatic carbocycles. The van der Waals surface area contributed by atoms with Crippen molar-refractivity contribution in [2.45, 2.75) is 26.7 Å². The molecule has 5 rings (SSSR count). The normalized spacial score (nSPS) is 18.3. The van der Waals surface area contributed by atoms with Crippen molar-refractivity contribution < 1.29 is 9.59 Å². The van der Waals surface area contributed by atoms with E-state index in [0.717, 1.165) is 53.4 Å². The number of hydrogen-bond donors (Lipinski definition) is 1. The minimum atomic E-state index is -0.179. The first-order valence-electron chi connectivity index (χ1n) is 9.51. The van der Waals surface area contributed by atoms with Crippen molar-refractivity contribution in [1.82, 2.24) is 14.9 Å². The lowest BCUT2D eigenvalue weighted by Gasteiger charge is -2.34. The fourth-order valence-electron chi connectivity index (χ4n) is 4.37. The number of ketones is 2. The van der Waals surface area contributed by atoms with Gasteiger partial charge < -0.3 is 9.88 Å². The van der Waals surface area contributed by atoms with E-state index in [4.69, 9.17) is 0 Å². The van der Waals surface area contributed by atoms with Gasteiger partial charge >= 0.3 is 0 Å². The number of pyridine rings is 1. The molecule has 5 nitrogen and oxygen atoms in total. The van der Waals surface area contributed by atoms with Gasteiger partial charge in [0.05, 0.1) is 16.8 Å². The number of carbonyl (C=O) groups excluding carboxylic acids is 2. The standard InChI is InChI=1S/C22H21N3O2/c1-12-7-9-25(10-8-12)16-11-17(26)20-19(22(16)27)21-18(13(2)23-20)14-5-3-4-6-15(14)24-21/h3-6,11-12,24H,7-10H2,1-2H3. The molecule has 3 aromatic rings. The van der Waals surface area contributed by atoms with Crippen molar-refractivity contribution in [1.29, 1.82) is 0 Å². The summed E-state index contributed by atoms with van der Waals surface area (Å²) in [5.41, 5.74) is 3.66. The highest BCUT2D eigenvalue weighted by molar-refractivity contribution is 6.29. The summed E-state index contributed by atoms with van der Waals surface area (Å²) in [5.74, 6) is 0.387. The number of Topliss-reactive ketones (excluding diaryl/α,β-unsaturated/α-hetero) is 1. The molecule has 5 heteroatoms. The number of aromatic amines is 1. The second kappa shape index (κ2) is 5.78. The van der Waals surface area contributed by atoms with E-state index in [1.807, 2.05) is 31.2 Å². The lowest BCUT2D eigenvalue weighted by molar-refractivity contribution is 0.0935. The van der Waals surface area contributed by atoms with Crippen LogP contribution >= 0.6 is 0 Å². The van der Waals surface area contributed by atoms with Gasteiger partial charge in [-0.25, -0.2) is 4.98 Å². The number of allylic oxidation sites excluding steroid dienone is 2. The number of aromatic nitrogens is 2. The summed E-state index contributed by atoms with van der Waals surface area (Å²) in [4.78, 5) is 36.2. The highest BCUT2D eigenvalue weighted by atomic mass is 16.1. The largest absolute Gasteiger partial charge is 0.368 e. The van der Waals surface area contributed by atoms with E-state index in [1.165, 1.54) is 6.08 Å². The highest BCUT2D eigenvalue weighted by Crippen LogP contribution is 2.35. The molecule has 0 saturated carbocycles. The number of nitrogens with zero attached hydrogens (tertiary/aromatic N) is 2. The van der Waals surface area contributed by atoms with Crippen LogP contribution in [0.3, 0.4) is 0 Å². The third-order valence-electron chi connectivity index (χ3n) is 5.92. The maximum atomic E-state index is 13.4. The molecule has 1 aliphatic heterocycles. The van der Waals surface area contributed by atoms with Crippen molar-refractivity contribution in [3.8, 4) is 0 Å². The number of rotatable bonds is 1. The molecule has 0 atom stereocenters. The van der Waals surface area contributed by atoms with Gasteiger partial charge in [0.15, 0.2) is 0 Å². The van der Waals surface area contributed by atoms with E-state index >= 15 is 0 Å². The Morgan fingerprint density at radius 1 is 1.15 bits per heavy atom. The zero-order valence-corrected chi connectivity index (χ0v) is 15.5. The number of nitrogens with one attached hydrogen (secondary N) is 1. The van der Waals surface area contributed by atoms with E-state index in [1.54, 1.807) is 0 Å². The molecule has 1 aromatic carbocycles. The van der Waals surface area contributed by atoms with Gasteiger partial charge in [-0.05, 0) is 31.7 Å². The Kier molecular flexibility index (Phi) is 3.47. The first-order chi connectivity index (χ1) is 13.0. The monoisotopic (exact) mass is 359 g/mol. The molecule has 2 aromatic heterocycles. The van der Waals surface area contributed by atoms with Gasteiger partial charge in [0.25, 0.3) is 0 Å². The van der Waals surface area contributed by atoms with Crippen LogP contribution in [0.5, 0.6) is 0 Å². The Labute approximate surface area is 157 Å². The van der Waals surface area contributed by atoms with Crippen molar-refractivity contribution >= 4 is 33.4 Å². The van der Waals surface area contributed by atoms with Crippen LogP contribution in [0.15, 0.2) is 36.0 Å². The minimum absolute atomic E-state index is 0.0943. The number of aryl methyl sites for hydroxylation is 1. The molecule has 1 saturated heterocycles. The molecular weight excluding hydrogens is 338 g/mol. The van der Waals surface area contributed by atoms with Crippen molar-refractivity contribution in [2.75, 3.05) is 13.1 Å². The van der Waals surface area contributed by atoms with Gasteiger partial charge in [-0.1, -0.05) is 25.1 Å². The number of fused-ring (bicyclic) bond motifs is 5. The first-order valence-corrected chi connectivity index (χ1v) is 9.51. The lowest BCUT2D eigenvalue weighted by Crippen LogP contribution is -2.37. The number of hydrogen-bond acceptors (Lipinski definition) is 4. The number of likely N-dealkylation sites (tertiary alicyclic amines) is 1. The minimum Gasteiger partial charge on any atom is -0.368 e. The molecule has 2 aliphatic rings. The van der Waals surface area contributed by atoms with Gasteiger partial charge in [0, 0.05) is 41.1 Å². The summed E-state index contributed by atoms with van der Waals surface area (Å²) in [6, 6.07) is 7.94. The maximum Gasteiger partial charge on any atom is 0.213 e. The zero-order valence-electron chi connectivity index (χ0n) is 15.5. The van der Waals surface area contributed by atoms with Crippen LogP contribution in [-0.2, 0) is 0 Å². The maximum absolute atomic E-state index is 13.4. The number of H-pyrrole nitrogens is 1. The topological polar surface area (TPSA) is 66.1 Å². The molecule has 3 heterocycles. The summed E-state index contributed by atoms with van der Waals surface area (Å²) in [6.45, 7) is 5.76. The van der Waals surface area contributed by atoms with Gasteiger partial charge in [-0.2, -0.15) is 0 Å². The van der Waals surface area contributed by atoms with Crippen LogP contribution in [0.1, 0.15) is 46.3 Å². The highest BCUT2D eigenvalue weighted by Gasteiger charge is 2.34. The summed E-state index contributed by atoms with van der Waals surface area (Å²) >= 11 is 0. The predicted molar refractivity (Wildman–Crippen MR) is 105 cm³/mol. The van der Waals surface area contributed by atoms with Gasteiger partial charge in [0.2, 0.25) is 11.6 Å². The van der Waals surface area contributed by atoms with Gasteiger partial charge in [-0.15, -0.1) is 0 Å². The summed E-state index contributed by atoms with van der Waals surface area (Å²) in [5, 5.41) is 1.96. The number of benzene rings is 1. The van der Waals surface area contributed by atoms with Crippen molar-refractivity contribution in [3.05, 3.63) is 53.0 Å². The van der Waals surface area contributed by atoms with Crippen LogP contribution in [0, 0.1) is 12.8 Å². The SMILES string of the molecule is Cc1nc2c(c3[nH]c4ccccc4c13)C(=O)C(N1CCC(C)CC1)=CC2=O. The molecule has 0 amide bonds. The predicted octanol–water partition coefficient (Wildman–Crippen LogP) is 4.02. The van der Waals surface area contributed by atoms with Crippen LogP contribution in [-0.4, -0.2) is 39.5 Å². The molecule has 0 bridgehead atoms. The molecule has 136 valence electrons. The second-order valence-electron chi connectivity index (χ2n) is 7.73. The average molecular weight is 359 g/mol. The van der Waals surface area contributed by atoms with Crippen LogP contribution < -0.4 is 0 Å². The Balaban J connectivity index is 1.72.